The van der Waals surface area contributed by atoms with Crippen molar-refractivity contribution in [3.63, 3.8) is 0 Å². The van der Waals surface area contributed by atoms with Crippen molar-refractivity contribution in [2.24, 2.45) is 0 Å². The number of aromatic nitrogens is 2. The van der Waals surface area contributed by atoms with Crippen LogP contribution in [0.5, 0.6) is 11.6 Å². The normalized spacial score (nSPS) is 16.1. The number of ether oxygens (including phenoxy) is 1. The Bertz CT molecular complexity index is 1170. The Morgan fingerprint density at radius 1 is 1.03 bits per heavy atom. The van der Waals surface area contributed by atoms with Gasteiger partial charge in [-0.15, -0.1) is 0 Å². The van der Waals surface area contributed by atoms with E-state index in [4.69, 9.17) is 4.74 Å². The van der Waals surface area contributed by atoms with Crippen molar-refractivity contribution < 1.29 is 22.7 Å². The van der Waals surface area contributed by atoms with E-state index in [1.807, 2.05) is 18.2 Å². The average Bonchev–Trinajstić information content (AvgIpc) is 2.84. The lowest BCUT2D eigenvalue weighted by atomic mass is 9.86. The maximum atomic E-state index is 12.7. The molecule has 1 aliphatic carbocycles. The highest BCUT2D eigenvalue weighted by molar-refractivity contribution is 5.94. The molecule has 0 aliphatic heterocycles. The molecule has 1 aromatic carbocycles. The third-order valence-electron chi connectivity index (χ3n) is 5.93. The van der Waals surface area contributed by atoms with Gasteiger partial charge in [0.05, 0.1) is 11.1 Å². The van der Waals surface area contributed by atoms with E-state index < -0.39 is 11.7 Å². The minimum Gasteiger partial charge on any atom is -0.439 e. The molecule has 3 aromatic rings. The highest BCUT2D eigenvalue weighted by atomic mass is 19.4. The van der Waals surface area contributed by atoms with Crippen molar-refractivity contribution in [2.45, 2.75) is 44.8 Å². The van der Waals surface area contributed by atoms with E-state index in [1.54, 1.807) is 30.6 Å². The number of allylic oxidation sites excluding steroid dienone is 2. The predicted octanol–water partition coefficient (Wildman–Crippen LogP) is 6.43. The van der Waals surface area contributed by atoms with Crippen molar-refractivity contribution in [1.82, 2.24) is 15.3 Å². The molecule has 1 aliphatic rings. The SMILES string of the molecule is CC(=C1CCC(NC(=O)c2cccnc2)CC1)c1cccc(Oc2ccc(C(F)(F)F)cn2)c1. The van der Waals surface area contributed by atoms with Gasteiger partial charge >= 0.3 is 6.18 Å². The van der Waals surface area contributed by atoms with Crippen molar-refractivity contribution in [3.05, 3.63) is 89.4 Å². The van der Waals surface area contributed by atoms with Gasteiger partial charge in [0.15, 0.2) is 0 Å². The Morgan fingerprint density at radius 2 is 1.79 bits per heavy atom. The summed E-state index contributed by atoms with van der Waals surface area (Å²) in [6.45, 7) is 2.05. The van der Waals surface area contributed by atoms with Crippen molar-refractivity contribution in [1.29, 1.82) is 0 Å². The van der Waals surface area contributed by atoms with Crippen LogP contribution in [-0.2, 0) is 6.18 Å². The first-order chi connectivity index (χ1) is 16.3. The van der Waals surface area contributed by atoms with Gasteiger partial charge in [-0.1, -0.05) is 17.7 Å². The number of alkyl halides is 3. The molecule has 0 bridgehead atoms. The van der Waals surface area contributed by atoms with E-state index >= 15 is 0 Å². The summed E-state index contributed by atoms with van der Waals surface area (Å²) in [4.78, 5) is 20.1. The van der Waals surface area contributed by atoms with Gasteiger partial charge in [0.2, 0.25) is 5.88 Å². The molecule has 1 saturated carbocycles. The number of carbonyl (C=O) groups excluding carboxylic acids is 1. The van der Waals surface area contributed by atoms with Gasteiger partial charge in [0, 0.05) is 30.7 Å². The first-order valence-corrected chi connectivity index (χ1v) is 11.0. The number of halogens is 3. The van der Waals surface area contributed by atoms with Crippen LogP contribution in [0.4, 0.5) is 13.2 Å². The molecular formula is C26H24F3N3O2. The third-order valence-corrected chi connectivity index (χ3v) is 5.93. The summed E-state index contributed by atoms with van der Waals surface area (Å²) in [5, 5.41) is 3.09. The molecule has 8 heteroatoms. The first kappa shape index (κ1) is 23.5. The second kappa shape index (κ2) is 10.1. The van der Waals surface area contributed by atoms with Crippen molar-refractivity contribution in [3.8, 4) is 11.6 Å². The van der Waals surface area contributed by atoms with Crippen LogP contribution in [0.2, 0.25) is 0 Å². The zero-order valence-corrected chi connectivity index (χ0v) is 18.6. The Labute approximate surface area is 195 Å². The van der Waals surface area contributed by atoms with E-state index in [9.17, 15) is 18.0 Å². The molecule has 1 fully saturated rings. The molecular weight excluding hydrogens is 443 g/mol. The molecule has 0 unspecified atom stereocenters. The molecule has 4 rings (SSSR count). The van der Waals surface area contributed by atoms with Crippen LogP contribution in [0.25, 0.3) is 5.57 Å². The summed E-state index contributed by atoms with van der Waals surface area (Å²) in [5.41, 5.74) is 3.18. The highest BCUT2D eigenvalue weighted by Gasteiger charge is 2.30. The zero-order chi connectivity index (χ0) is 24.1. The zero-order valence-electron chi connectivity index (χ0n) is 18.6. The summed E-state index contributed by atoms with van der Waals surface area (Å²) in [5.74, 6) is 0.492. The van der Waals surface area contributed by atoms with Crippen LogP contribution < -0.4 is 10.1 Å². The lowest BCUT2D eigenvalue weighted by molar-refractivity contribution is -0.137. The van der Waals surface area contributed by atoms with E-state index in [0.29, 0.717) is 11.3 Å². The molecule has 34 heavy (non-hydrogen) atoms. The molecule has 0 saturated heterocycles. The van der Waals surface area contributed by atoms with Crippen LogP contribution in [0.15, 0.2) is 72.7 Å². The van der Waals surface area contributed by atoms with E-state index in [1.165, 1.54) is 11.6 Å². The molecule has 1 N–H and O–H groups in total. The summed E-state index contributed by atoms with van der Waals surface area (Å²) in [6.07, 6.45) is 2.97. The fourth-order valence-corrected chi connectivity index (χ4v) is 3.98. The number of carbonyl (C=O) groups is 1. The molecule has 0 radical (unpaired) electrons. The van der Waals surface area contributed by atoms with Crippen molar-refractivity contribution in [2.75, 3.05) is 0 Å². The van der Waals surface area contributed by atoms with Gasteiger partial charge in [-0.3, -0.25) is 9.78 Å². The smallest absolute Gasteiger partial charge is 0.417 e. The second-order valence-corrected chi connectivity index (χ2v) is 8.23. The molecule has 0 spiro atoms. The Kier molecular flexibility index (Phi) is 6.95. The van der Waals surface area contributed by atoms with E-state index in [2.05, 4.69) is 22.2 Å². The molecule has 2 heterocycles. The number of nitrogens with zero attached hydrogens (tertiary/aromatic N) is 2. The Hall–Kier alpha value is -3.68. The minimum absolute atomic E-state index is 0.0975. The maximum absolute atomic E-state index is 12.7. The fourth-order valence-electron chi connectivity index (χ4n) is 3.98. The van der Waals surface area contributed by atoms with E-state index in [-0.39, 0.29) is 17.8 Å². The van der Waals surface area contributed by atoms with Crippen LogP contribution >= 0.6 is 0 Å². The number of rotatable bonds is 5. The summed E-state index contributed by atoms with van der Waals surface area (Å²) in [7, 11) is 0. The third kappa shape index (κ3) is 5.81. The van der Waals surface area contributed by atoms with Gasteiger partial charge in [-0.2, -0.15) is 13.2 Å². The topological polar surface area (TPSA) is 64.1 Å². The fraction of sp³-hybridized carbons (Fsp3) is 0.269. The molecule has 176 valence electrons. The van der Waals surface area contributed by atoms with Crippen LogP contribution in [-0.4, -0.2) is 21.9 Å². The largest absolute Gasteiger partial charge is 0.439 e. The highest BCUT2D eigenvalue weighted by Crippen LogP contribution is 2.33. The lowest BCUT2D eigenvalue weighted by Crippen LogP contribution is -2.36. The minimum atomic E-state index is -4.44. The second-order valence-electron chi connectivity index (χ2n) is 8.23. The van der Waals surface area contributed by atoms with Gasteiger partial charge in [0.1, 0.15) is 5.75 Å². The van der Waals surface area contributed by atoms with Gasteiger partial charge in [-0.05, 0) is 74.1 Å². The van der Waals surface area contributed by atoms with Crippen molar-refractivity contribution >= 4 is 11.5 Å². The van der Waals surface area contributed by atoms with Crippen LogP contribution in [0, 0.1) is 0 Å². The number of nitrogens with one attached hydrogen (secondary N) is 1. The molecule has 0 atom stereocenters. The average molecular weight is 467 g/mol. The van der Waals surface area contributed by atoms with Gasteiger partial charge < -0.3 is 10.1 Å². The molecule has 1 amide bonds. The molecule has 2 aromatic heterocycles. The Morgan fingerprint density at radius 3 is 2.44 bits per heavy atom. The standard InChI is InChI=1S/C26H24F3N3O2/c1-17(18-7-10-22(11-8-18)32-25(33)20-5-3-13-30-15-20)19-4-2-6-23(14-19)34-24-12-9-21(16-31-24)26(27,28)29/h2-6,9,12-16,22H,7-8,10-11H2,1H3,(H,32,33). The molecule has 5 nitrogen and oxygen atoms in total. The monoisotopic (exact) mass is 467 g/mol. The summed E-state index contributed by atoms with van der Waals surface area (Å²) >= 11 is 0. The number of amides is 1. The summed E-state index contributed by atoms with van der Waals surface area (Å²) in [6, 6.07) is 13.2. The van der Waals surface area contributed by atoms with E-state index in [0.717, 1.165) is 49.1 Å². The lowest BCUT2D eigenvalue weighted by Gasteiger charge is -2.26. The summed E-state index contributed by atoms with van der Waals surface area (Å²) < 4.78 is 43.8. The van der Waals surface area contributed by atoms with Gasteiger partial charge in [-0.25, -0.2) is 4.98 Å². The Balaban J connectivity index is 1.38. The first-order valence-electron chi connectivity index (χ1n) is 11.0. The maximum Gasteiger partial charge on any atom is 0.417 e. The predicted molar refractivity (Wildman–Crippen MR) is 122 cm³/mol. The number of benzene rings is 1. The quantitative estimate of drug-likeness (QED) is 0.469. The number of pyridine rings is 2. The van der Waals surface area contributed by atoms with Crippen LogP contribution in [0.1, 0.15) is 54.1 Å². The number of hydrogen-bond donors (Lipinski definition) is 1. The van der Waals surface area contributed by atoms with Gasteiger partial charge in [0.25, 0.3) is 5.91 Å². The number of hydrogen-bond acceptors (Lipinski definition) is 4. The van der Waals surface area contributed by atoms with Crippen LogP contribution in [0.3, 0.4) is 0 Å².